The number of aliphatic hydroxyl groups is 1. The normalized spacial score (nSPS) is 14.7. The molecular weight excluding hydrogens is 232 g/mol. The molecule has 1 aromatic rings. The van der Waals surface area contributed by atoms with E-state index in [-0.39, 0.29) is 6.10 Å². The second-order valence-electron chi connectivity index (χ2n) is 4.50. The van der Waals surface area contributed by atoms with Gasteiger partial charge in [-0.25, -0.2) is 4.98 Å². The van der Waals surface area contributed by atoms with Gasteiger partial charge in [0.2, 0.25) is 0 Å². The molecule has 104 valence electrons. The zero-order valence-corrected chi connectivity index (χ0v) is 11.5. The Labute approximate surface area is 109 Å². The Morgan fingerprint density at radius 1 is 1.44 bits per heavy atom. The van der Waals surface area contributed by atoms with E-state index in [2.05, 4.69) is 11.9 Å². The number of aliphatic hydroxyl groups excluding tert-OH is 1. The van der Waals surface area contributed by atoms with Gasteiger partial charge in [-0.1, -0.05) is 6.92 Å². The van der Waals surface area contributed by atoms with E-state index in [1.165, 1.54) is 0 Å². The maximum atomic E-state index is 9.92. The summed E-state index contributed by atoms with van der Waals surface area (Å²) in [6, 6.07) is 0. The number of nitrogens with zero attached hydrogens (tertiary/aromatic N) is 2. The SMILES string of the molecule is CCCc1nccn1CC(O)COC(C)COC. The van der Waals surface area contributed by atoms with Crippen molar-refractivity contribution in [1.29, 1.82) is 0 Å². The number of rotatable bonds is 9. The van der Waals surface area contributed by atoms with E-state index in [0.717, 1.165) is 18.7 Å². The lowest BCUT2D eigenvalue weighted by molar-refractivity contribution is -0.0357. The van der Waals surface area contributed by atoms with Crippen LogP contribution in [0.5, 0.6) is 0 Å². The van der Waals surface area contributed by atoms with Gasteiger partial charge in [-0.15, -0.1) is 0 Å². The molecule has 0 spiro atoms. The van der Waals surface area contributed by atoms with Crippen LogP contribution in [0.4, 0.5) is 0 Å². The third-order valence-electron chi connectivity index (χ3n) is 2.66. The molecule has 1 aromatic heterocycles. The summed E-state index contributed by atoms with van der Waals surface area (Å²) in [7, 11) is 1.64. The largest absolute Gasteiger partial charge is 0.389 e. The van der Waals surface area contributed by atoms with E-state index in [9.17, 15) is 5.11 Å². The van der Waals surface area contributed by atoms with E-state index in [1.54, 1.807) is 13.3 Å². The van der Waals surface area contributed by atoms with Crippen LogP contribution < -0.4 is 0 Å². The Bertz CT molecular complexity index is 328. The number of aryl methyl sites for hydroxylation is 1. The van der Waals surface area contributed by atoms with Crippen molar-refractivity contribution in [1.82, 2.24) is 9.55 Å². The summed E-state index contributed by atoms with van der Waals surface area (Å²) in [5.41, 5.74) is 0. The molecule has 5 heteroatoms. The Morgan fingerprint density at radius 3 is 2.89 bits per heavy atom. The summed E-state index contributed by atoms with van der Waals surface area (Å²) < 4.78 is 12.4. The number of methoxy groups -OCH3 is 1. The monoisotopic (exact) mass is 256 g/mol. The van der Waals surface area contributed by atoms with Crippen molar-refractivity contribution in [2.45, 2.75) is 45.4 Å². The summed E-state index contributed by atoms with van der Waals surface area (Å²) in [6.07, 6.45) is 5.13. The van der Waals surface area contributed by atoms with Crippen LogP contribution >= 0.6 is 0 Å². The molecule has 5 nitrogen and oxygen atoms in total. The molecule has 2 unspecified atom stereocenters. The summed E-state index contributed by atoms with van der Waals surface area (Å²) in [5.74, 6) is 1.02. The first-order valence-electron chi connectivity index (χ1n) is 6.46. The van der Waals surface area contributed by atoms with E-state index in [4.69, 9.17) is 9.47 Å². The predicted molar refractivity (Wildman–Crippen MR) is 69.5 cm³/mol. The van der Waals surface area contributed by atoms with Crippen molar-refractivity contribution >= 4 is 0 Å². The summed E-state index contributed by atoms with van der Waals surface area (Å²) in [4.78, 5) is 4.27. The summed E-state index contributed by atoms with van der Waals surface area (Å²) >= 11 is 0. The van der Waals surface area contributed by atoms with Gasteiger partial charge in [0, 0.05) is 25.9 Å². The predicted octanol–water partition coefficient (Wildman–Crippen LogP) is 1.25. The van der Waals surface area contributed by atoms with Gasteiger partial charge in [-0.05, 0) is 13.3 Å². The Balaban J connectivity index is 2.34. The standard InChI is InChI=1S/C13H24N2O3/c1-4-5-13-14-6-7-15(13)8-12(16)10-18-11(2)9-17-3/h6-7,11-12,16H,4-5,8-10H2,1-3H3. The fourth-order valence-corrected chi connectivity index (χ4v) is 1.80. The van der Waals surface area contributed by atoms with Crippen LogP contribution in [-0.2, 0) is 22.4 Å². The van der Waals surface area contributed by atoms with Crippen LogP contribution in [0.25, 0.3) is 0 Å². The molecule has 1 N–H and O–H groups in total. The number of ether oxygens (including phenoxy) is 2. The molecule has 0 amide bonds. The van der Waals surface area contributed by atoms with Gasteiger partial charge in [-0.2, -0.15) is 0 Å². The van der Waals surface area contributed by atoms with E-state index in [0.29, 0.717) is 19.8 Å². The molecule has 18 heavy (non-hydrogen) atoms. The van der Waals surface area contributed by atoms with Crippen LogP contribution in [0.2, 0.25) is 0 Å². The topological polar surface area (TPSA) is 56.5 Å². The van der Waals surface area contributed by atoms with Crippen molar-refractivity contribution < 1.29 is 14.6 Å². The molecule has 2 atom stereocenters. The van der Waals surface area contributed by atoms with Crippen LogP contribution in [0.15, 0.2) is 12.4 Å². The van der Waals surface area contributed by atoms with Gasteiger partial charge in [0.1, 0.15) is 5.82 Å². The molecule has 0 aliphatic rings. The lowest BCUT2D eigenvalue weighted by atomic mass is 10.3. The molecule has 1 rings (SSSR count). The van der Waals surface area contributed by atoms with Gasteiger partial charge >= 0.3 is 0 Å². The lowest BCUT2D eigenvalue weighted by Gasteiger charge is -2.17. The molecule has 1 heterocycles. The van der Waals surface area contributed by atoms with Gasteiger partial charge in [-0.3, -0.25) is 0 Å². The Hall–Kier alpha value is -0.910. The van der Waals surface area contributed by atoms with Crippen LogP contribution in [0, 0.1) is 0 Å². The van der Waals surface area contributed by atoms with Crippen LogP contribution in [0.3, 0.4) is 0 Å². The second-order valence-corrected chi connectivity index (χ2v) is 4.50. The van der Waals surface area contributed by atoms with E-state index < -0.39 is 6.10 Å². The highest BCUT2D eigenvalue weighted by atomic mass is 16.5. The van der Waals surface area contributed by atoms with Crippen molar-refractivity contribution in [3.8, 4) is 0 Å². The Morgan fingerprint density at radius 2 is 2.22 bits per heavy atom. The van der Waals surface area contributed by atoms with Crippen molar-refractivity contribution in [2.24, 2.45) is 0 Å². The lowest BCUT2D eigenvalue weighted by Crippen LogP contribution is -2.26. The summed E-state index contributed by atoms with van der Waals surface area (Å²) in [5, 5.41) is 9.92. The number of imidazole rings is 1. The molecule has 0 aliphatic heterocycles. The Kier molecular flexibility index (Phi) is 6.93. The van der Waals surface area contributed by atoms with Crippen molar-refractivity contribution in [2.75, 3.05) is 20.3 Å². The highest BCUT2D eigenvalue weighted by molar-refractivity contribution is 4.92. The molecular formula is C13H24N2O3. The van der Waals surface area contributed by atoms with Gasteiger partial charge < -0.3 is 19.1 Å². The first-order valence-corrected chi connectivity index (χ1v) is 6.46. The molecule has 0 saturated carbocycles. The van der Waals surface area contributed by atoms with Crippen molar-refractivity contribution in [3.05, 3.63) is 18.2 Å². The fraction of sp³-hybridized carbons (Fsp3) is 0.769. The summed E-state index contributed by atoms with van der Waals surface area (Å²) in [6.45, 7) is 5.42. The first kappa shape index (κ1) is 15.1. The van der Waals surface area contributed by atoms with E-state index >= 15 is 0 Å². The molecule has 0 aliphatic carbocycles. The maximum Gasteiger partial charge on any atom is 0.108 e. The highest BCUT2D eigenvalue weighted by Crippen LogP contribution is 2.04. The van der Waals surface area contributed by atoms with Crippen molar-refractivity contribution in [3.63, 3.8) is 0 Å². The first-order chi connectivity index (χ1) is 8.67. The molecule has 0 bridgehead atoms. The highest BCUT2D eigenvalue weighted by Gasteiger charge is 2.10. The smallest absolute Gasteiger partial charge is 0.108 e. The quantitative estimate of drug-likeness (QED) is 0.722. The minimum atomic E-state index is -0.519. The number of hydrogen-bond acceptors (Lipinski definition) is 4. The maximum absolute atomic E-state index is 9.92. The van der Waals surface area contributed by atoms with Crippen LogP contribution in [-0.4, -0.2) is 47.2 Å². The zero-order chi connectivity index (χ0) is 13.4. The average molecular weight is 256 g/mol. The van der Waals surface area contributed by atoms with Crippen LogP contribution in [0.1, 0.15) is 26.1 Å². The van der Waals surface area contributed by atoms with Gasteiger partial charge in [0.15, 0.2) is 0 Å². The minimum absolute atomic E-state index is 0.00236. The third kappa shape index (κ3) is 5.16. The second kappa shape index (κ2) is 8.24. The third-order valence-corrected chi connectivity index (χ3v) is 2.66. The van der Waals surface area contributed by atoms with E-state index in [1.807, 2.05) is 17.7 Å². The molecule has 0 saturated heterocycles. The molecule has 0 fully saturated rings. The van der Waals surface area contributed by atoms with Gasteiger partial charge in [0.05, 0.1) is 32.0 Å². The molecule has 0 aromatic carbocycles. The number of hydrogen-bond donors (Lipinski definition) is 1. The van der Waals surface area contributed by atoms with Gasteiger partial charge in [0.25, 0.3) is 0 Å². The molecule has 0 radical (unpaired) electrons. The zero-order valence-electron chi connectivity index (χ0n) is 11.5. The average Bonchev–Trinajstić information content (AvgIpc) is 2.75. The fourth-order valence-electron chi connectivity index (χ4n) is 1.80. The minimum Gasteiger partial charge on any atom is -0.389 e. The number of aromatic nitrogens is 2.